The molecule has 1 aliphatic rings. The zero-order chi connectivity index (χ0) is 4.41. The van der Waals surface area contributed by atoms with Crippen LogP contribution in [0.15, 0.2) is 11.6 Å². The van der Waals surface area contributed by atoms with Gasteiger partial charge in [-0.3, -0.25) is 0 Å². The SMILES string of the molecule is CC1=CC[As]=[C]1. The summed E-state index contributed by atoms with van der Waals surface area (Å²) in [5.74, 6) is 0. The monoisotopic (exact) mass is 141 g/mol. The Morgan fingerprint density at radius 2 is 2.83 bits per heavy atom. The predicted molar refractivity (Wildman–Crippen MR) is 29.3 cm³/mol. The molecule has 0 atom stereocenters. The van der Waals surface area contributed by atoms with Gasteiger partial charge in [0.1, 0.15) is 0 Å². The Balaban J connectivity index is 2.68. The van der Waals surface area contributed by atoms with E-state index < -0.39 is 0 Å². The van der Waals surface area contributed by atoms with Crippen molar-refractivity contribution in [2.24, 2.45) is 0 Å². The van der Waals surface area contributed by atoms with Crippen LogP contribution in [0.2, 0.25) is 5.21 Å². The molecule has 0 saturated carbocycles. The van der Waals surface area contributed by atoms with Gasteiger partial charge in [-0.25, -0.2) is 0 Å². The van der Waals surface area contributed by atoms with Crippen molar-refractivity contribution in [1.82, 2.24) is 0 Å². The summed E-state index contributed by atoms with van der Waals surface area (Å²) in [6.45, 7) is 2.11. The van der Waals surface area contributed by atoms with E-state index in [1.165, 1.54) is 10.8 Å². The Kier molecular flexibility index (Phi) is 1.26. The number of allylic oxidation sites excluding steroid dienone is 2. The second-order valence-corrected chi connectivity index (χ2v) is 3.24. The zero-order valence-electron chi connectivity index (χ0n) is 3.73. The molecular weight excluding hydrogens is 135 g/mol. The Morgan fingerprint density at radius 3 is 3.00 bits per heavy atom. The first-order chi connectivity index (χ1) is 2.89. The molecule has 0 N–H and O–H groups in total. The third kappa shape index (κ3) is 0.814. The molecule has 1 rings (SSSR count). The van der Waals surface area contributed by atoms with Gasteiger partial charge in [0.2, 0.25) is 0 Å². The second-order valence-electron chi connectivity index (χ2n) is 1.34. The molecule has 0 aliphatic carbocycles. The third-order valence-electron chi connectivity index (χ3n) is 0.744. The van der Waals surface area contributed by atoms with E-state index in [2.05, 4.69) is 17.8 Å². The van der Waals surface area contributed by atoms with Crippen LogP contribution in [0.4, 0.5) is 0 Å². The summed E-state index contributed by atoms with van der Waals surface area (Å²) < 4.78 is 0. The number of hydrogen-bond donors (Lipinski definition) is 0. The Bertz CT molecular complexity index is 97.8. The van der Waals surface area contributed by atoms with Gasteiger partial charge >= 0.3 is 43.9 Å². The van der Waals surface area contributed by atoms with Crippen LogP contribution in [-0.2, 0) is 0 Å². The van der Waals surface area contributed by atoms with Crippen molar-refractivity contribution in [3.05, 3.63) is 11.6 Å². The van der Waals surface area contributed by atoms with Gasteiger partial charge in [0.25, 0.3) is 0 Å². The normalized spacial score (nSPS) is 21.2. The van der Waals surface area contributed by atoms with Gasteiger partial charge < -0.3 is 0 Å². The van der Waals surface area contributed by atoms with Crippen molar-refractivity contribution in [3.63, 3.8) is 0 Å². The van der Waals surface area contributed by atoms with Crippen LogP contribution >= 0.6 is 0 Å². The van der Waals surface area contributed by atoms with Crippen molar-refractivity contribution < 1.29 is 0 Å². The molecule has 0 aromatic heterocycles. The summed E-state index contributed by atoms with van der Waals surface area (Å²) >= 11 is 0.475. The fourth-order valence-electron chi connectivity index (χ4n) is 0.399. The minimum absolute atomic E-state index is 0.475. The predicted octanol–water partition coefficient (Wildman–Crippen LogP) is 0.748. The zero-order valence-corrected chi connectivity index (χ0v) is 5.61. The molecule has 0 bridgehead atoms. The number of rotatable bonds is 0. The molecule has 1 heterocycles. The van der Waals surface area contributed by atoms with E-state index in [-0.39, 0.29) is 0 Å². The van der Waals surface area contributed by atoms with E-state index in [4.69, 9.17) is 0 Å². The topological polar surface area (TPSA) is 0 Å². The van der Waals surface area contributed by atoms with Crippen LogP contribution in [0.1, 0.15) is 6.92 Å². The van der Waals surface area contributed by atoms with Crippen LogP contribution in [0, 0.1) is 0 Å². The summed E-state index contributed by atoms with van der Waals surface area (Å²) in [7, 11) is 0. The second kappa shape index (κ2) is 1.75. The molecule has 1 aliphatic heterocycles. The quantitative estimate of drug-likeness (QED) is 0.436. The van der Waals surface area contributed by atoms with Crippen molar-refractivity contribution in [1.29, 1.82) is 0 Å². The Morgan fingerprint density at radius 1 is 2.00 bits per heavy atom. The first-order valence-corrected chi connectivity index (χ1v) is 4.25. The Hall–Kier alpha value is 0.168. The molecule has 0 aromatic carbocycles. The van der Waals surface area contributed by atoms with Gasteiger partial charge in [-0.2, -0.15) is 0 Å². The van der Waals surface area contributed by atoms with Crippen LogP contribution in [0.25, 0.3) is 0 Å². The van der Waals surface area contributed by atoms with Crippen LogP contribution in [-0.4, -0.2) is 20.1 Å². The fraction of sp³-hybridized carbons (Fsp3) is 0.400. The van der Waals surface area contributed by atoms with Crippen LogP contribution in [0.3, 0.4) is 0 Å². The summed E-state index contributed by atoms with van der Waals surface area (Å²) in [4.78, 5) is 3.27. The molecule has 31 valence electrons. The average molecular weight is 141 g/mol. The van der Waals surface area contributed by atoms with Gasteiger partial charge in [-0.1, -0.05) is 0 Å². The van der Waals surface area contributed by atoms with E-state index in [0.29, 0.717) is 15.3 Å². The van der Waals surface area contributed by atoms with Gasteiger partial charge in [-0.15, -0.1) is 0 Å². The van der Waals surface area contributed by atoms with E-state index in [1.54, 1.807) is 0 Å². The fourth-order valence-corrected chi connectivity index (χ4v) is 2.07. The van der Waals surface area contributed by atoms with Crippen LogP contribution < -0.4 is 0 Å². The molecular formula is C5H6As. The molecule has 1 radical (unpaired) electrons. The molecule has 0 aromatic rings. The summed E-state index contributed by atoms with van der Waals surface area (Å²) in [6.07, 6.45) is 2.25. The van der Waals surface area contributed by atoms with E-state index in [9.17, 15) is 0 Å². The van der Waals surface area contributed by atoms with Gasteiger partial charge in [0.15, 0.2) is 0 Å². The summed E-state index contributed by atoms with van der Waals surface area (Å²) in [6, 6.07) is 0. The van der Waals surface area contributed by atoms with Crippen molar-refractivity contribution in [2.75, 3.05) is 0 Å². The van der Waals surface area contributed by atoms with Crippen LogP contribution in [0.5, 0.6) is 0 Å². The van der Waals surface area contributed by atoms with Gasteiger partial charge in [0, 0.05) is 0 Å². The molecule has 0 saturated heterocycles. The first kappa shape index (κ1) is 4.33. The Labute approximate surface area is 44.5 Å². The molecule has 0 spiro atoms. The maximum atomic E-state index is 3.27. The van der Waals surface area contributed by atoms with E-state index >= 15 is 0 Å². The molecule has 0 nitrogen and oxygen atoms in total. The van der Waals surface area contributed by atoms with Crippen molar-refractivity contribution in [3.8, 4) is 0 Å². The molecule has 1 heteroatoms. The molecule has 0 fully saturated rings. The average Bonchev–Trinajstić information content (AvgIpc) is 1.86. The molecule has 0 amide bonds. The molecule has 6 heavy (non-hydrogen) atoms. The van der Waals surface area contributed by atoms with Gasteiger partial charge in [-0.05, 0) is 0 Å². The third-order valence-corrected chi connectivity index (χ3v) is 2.58. The number of hydrogen-bond acceptors (Lipinski definition) is 0. The molecule has 0 unspecified atom stereocenters. The first-order valence-electron chi connectivity index (χ1n) is 1.99. The van der Waals surface area contributed by atoms with Gasteiger partial charge in [0.05, 0.1) is 0 Å². The van der Waals surface area contributed by atoms with E-state index in [0.717, 1.165) is 0 Å². The maximum absolute atomic E-state index is 3.27. The van der Waals surface area contributed by atoms with E-state index in [1.807, 2.05) is 0 Å². The van der Waals surface area contributed by atoms with Crippen molar-refractivity contribution in [2.45, 2.75) is 12.1 Å². The summed E-state index contributed by atoms with van der Waals surface area (Å²) in [5.41, 5.74) is 1.37. The minimum atomic E-state index is 0.475. The summed E-state index contributed by atoms with van der Waals surface area (Å²) in [5, 5.41) is 1.31. The van der Waals surface area contributed by atoms with Crippen molar-refractivity contribution >= 4 is 20.1 Å². The standard InChI is InChI=1S/C5H6As/c1-5-2-3-6-4-5/h2H,3H2,1H3.